The molecule has 0 saturated heterocycles. The molecule has 1 heterocycles. The van der Waals surface area contributed by atoms with Gasteiger partial charge in [-0.05, 0) is 25.0 Å². The Labute approximate surface area is 113 Å². The van der Waals surface area contributed by atoms with E-state index in [-0.39, 0.29) is 5.91 Å². The highest BCUT2D eigenvalue weighted by Gasteiger charge is 2.16. The van der Waals surface area contributed by atoms with Gasteiger partial charge in [-0.15, -0.1) is 0 Å². The summed E-state index contributed by atoms with van der Waals surface area (Å²) in [5.41, 5.74) is 6.53. The number of rotatable bonds is 2. The molecule has 1 aromatic heterocycles. The first-order valence-corrected chi connectivity index (χ1v) is 6.75. The smallest absolute Gasteiger partial charge is 0.270 e. The molecule has 0 aromatic carbocycles. The van der Waals surface area contributed by atoms with Gasteiger partial charge in [0.2, 0.25) is 0 Å². The Balaban J connectivity index is 1.95. The van der Waals surface area contributed by atoms with E-state index in [0.29, 0.717) is 18.3 Å². The third kappa shape index (κ3) is 4.08. The number of pyridine rings is 1. The highest BCUT2D eigenvalue weighted by molar-refractivity contribution is 5.92. The van der Waals surface area contributed by atoms with Crippen LogP contribution >= 0.6 is 0 Å². The second kappa shape index (κ2) is 6.91. The quantitative estimate of drug-likeness (QED) is 0.788. The van der Waals surface area contributed by atoms with Crippen molar-refractivity contribution >= 4 is 5.91 Å². The summed E-state index contributed by atoms with van der Waals surface area (Å²) in [6.07, 6.45) is 7.44. The molecular formula is C15H19N3O. The zero-order valence-electron chi connectivity index (χ0n) is 11.0. The highest BCUT2D eigenvalue weighted by Crippen LogP contribution is 2.17. The lowest BCUT2D eigenvalue weighted by atomic mass is 9.95. The van der Waals surface area contributed by atoms with Gasteiger partial charge in [0.05, 0.1) is 6.54 Å². The van der Waals surface area contributed by atoms with Crippen molar-refractivity contribution in [2.24, 2.45) is 5.73 Å². The van der Waals surface area contributed by atoms with Crippen LogP contribution in [0.1, 0.15) is 48.2 Å². The average Bonchev–Trinajstić information content (AvgIpc) is 2.46. The molecule has 0 bridgehead atoms. The van der Waals surface area contributed by atoms with E-state index in [2.05, 4.69) is 22.1 Å². The predicted molar refractivity (Wildman–Crippen MR) is 74.5 cm³/mol. The molecule has 100 valence electrons. The topological polar surface area (TPSA) is 68.0 Å². The Bertz CT molecular complexity index is 478. The lowest BCUT2D eigenvalue weighted by Gasteiger charge is -2.22. The van der Waals surface area contributed by atoms with Gasteiger partial charge in [0.1, 0.15) is 5.69 Å². The summed E-state index contributed by atoms with van der Waals surface area (Å²) in [6.45, 7) is 0.323. The maximum atomic E-state index is 12.0. The maximum Gasteiger partial charge on any atom is 0.270 e. The number of hydrogen-bond donors (Lipinski definition) is 2. The molecule has 1 fully saturated rings. The van der Waals surface area contributed by atoms with Crippen LogP contribution in [0.2, 0.25) is 0 Å². The zero-order chi connectivity index (χ0) is 13.5. The van der Waals surface area contributed by atoms with Gasteiger partial charge in [-0.1, -0.05) is 31.1 Å². The minimum atomic E-state index is -0.0924. The van der Waals surface area contributed by atoms with E-state index in [1.807, 2.05) is 0 Å². The van der Waals surface area contributed by atoms with E-state index in [1.165, 1.54) is 19.3 Å². The first-order chi connectivity index (χ1) is 9.29. The summed E-state index contributed by atoms with van der Waals surface area (Å²) in [6, 6.07) is 3.81. The zero-order valence-corrected chi connectivity index (χ0v) is 11.0. The van der Waals surface area contributed by atoms with E-state index in [0.717, 1.165) is 18.4 Å². The summed E-state index contributed by atoms with van der Waals surface area (Å²) in [4.78, 5) is 16.2. The van der Waals surface area contributed by atoms with Gasteiger partial charge in [0.15, 0.2) is 0 Å². The van der Waals surface area contributed by atoms with Crippen LogP contribution in [0.15, 0.2) is 18.3 Å². The number of amides is 1. The van der Waals surface area contributed by atoms with E-state index in [4.69, 9.17) is 5.73 Å². The van der Waals surface area contributed by atoms with Gasteiger partial charge in [-0.25, -0.2) is 4.98 Å². The standard InChI is InChI=1S/C15H19N3O/c16-10-4-5-12-8-9-14(17-11-12)15(19)18-13-6-2-1-3-7-13/h8-9,11,13H,1-3,6-7,10,16H2,(H,18,19). The van der Waals surface area contributed by atoms with E-state index in [1.54, 1.807) is 18.3 Å². The Hall–Kier alpha value is -1.86. The molecule has 1 aliphatic rings. The molecule has 1 saturated carbocycles. The molecule has 1 amide bonds. The first-order valence-electron chi connectivity index (χ1n) is 6.75. The number of nitrogens with one attached hydrogen (secondary N) is 1. The minimum absolute atomic E-state index is 0.0924. The molecular weight excluding hydrogens is 238 g/mol. The largest absolute Gasteiger partial charge is 0.348 e. The summed E-state index contributed by atoms with van der Waals surface area (Å²) in [5.74, 6) is 5.55. The second-order valence-electron chi connectivity index (χ2n) is 4.75. The number of carbonyl (C=O) groups excluding carboxylic acids is 1. The average molecular weight is 257 g/mol. The summed E-state index contributed by atoms with van der Waals surface area (Å²) >= 11 is 0. The normalized spacial score (nSPS) is 15.4. The molecule has 19 heavy (non-hydrogen) atoms. The van der Waals surface area contributed by atoms with Crippen LogP contribution < -0.4 is 11.1 Å². The van der Waals surface area contributed by atoms with Crippen molar-refractivity contribution in [2.75, 3.05) is 6.54 Å². The molecule has 0 spiro atoms. The van der Waals surface area contributed by atoms with Crippen LogP contribution in [0, 0.1) is 11.8 Å². The third-order valence-electron chi connectivity index (χ3n) is 3.27. The predicted octanol–water partition coefficient (Wildman–Crippen LogP) is 1.45. The molecule has 0 radical (unpaired) electrons. The van der Waals surface area contributed by atoms with E-state index >= 15 is 0 Å². The van der Waals surface area contributed by atoms with Crippen molar-refractivity contribution < 1.29 is 4.79 Å². The van der Waals surface area contributed by atoms with Gasteiger partial charge in [0.25, 0.3) is 5.91 Å². The fourth-order valence-corrected chi connectivity index (χ4v) is 2.26. The van der Waals surface area contributed by atoms with Crippen LogP contribution in [0.25, 0.3) is 0 Å². The van der Waals surface area contributed by atoms with Gasteiger partial charge in [-0.3, -0.25) is 4.79 Å². The molecule has 0 aliphatic heterocycles. The molecule has 1 aliphatic carbocycles. The van der Waals surface area contributed by atoms with Gasteiger partial charge >= 0.3 is 0 Å². The molecule has 3 N–H and O–H groups in total. The van der Waals surface area contributed by atoms with Crippen molar-refractivity contribution in [1.29, 1.82) is 0 Å². The molecule has 1 aromatic rings. The molecule has 0 atom stereocenters. The SMILES string of the molecule is NCC#Cc1ccc(C(=O)NC2CCCCC2)nc1. The number of aromatic nitrogens is 1. The van der Waals surface area contributed by atoms with Crippen LogP contribution in [-0.2, 0) is 0 Å². The lowest BCUT2D eigenvalue weighted by molar-refractivity contribution is 0.0922. The molecule has 4 heteroatoms. The van der Waals surface area contributed by atoms with Crippen molar-refractivity contribution in [3.8, 4) is 11.8 Å². The Morgan fingerprint density at radius 1 is 1.37 bits per heavy atom. The number of hydrogen-bond acceptors (Lipinski definition) is 3. The number of nitrogens with two attached hydrogens (primary N) is 1. The Morgan fingerprint density at radius 2 is 2.16 bits per heavy atom. The summed E-state index contributed by atoms with van der Waals surface area (Å²) < 4.78 is 0. The van der Waals surface area contributed by atoms with Crippen LogP contribution in [0.4, 0.5) is 0 Å². The number of nitrogens with zero attached hydrogens (tertiary/aromatic N) is 1. The maximum absolute atomic E-state index is 12.0. The van der Waals surface area contributed by atoms with Crippen molar-refractivity contribution in [3.63, 3.8) is 0 Å². The highest BCUT2D eigenvalue weighted by atomic mass is 16.1. The van der Waals surface area contributed by atoms with Crippen LogP contribution in [-0.4, -0.2) is 23.5 Å². The fraction of sp³-hybridized carbons (Fsp3) is 0.467. The second-order valence-corrected chi connectivity index (χ2v) is 4.75. The lowest BCUT2D eigenvalue weighted by Crippen LogP contribution is -2.36. The monoisotopic (exact) mass is 257 g/mol. The van der Waals surface area contributed by atoms with Crippen LogP contribution in [0.5, 0.6) is 0 Å². The summed E-state index contributed by atoms with van der Waals surface area (Å²) in [5, 5.41) is 3.04. The minimum Gasteiger partial charge on any atom is -0.348 e. The van der Waals surface area contributed by atoms with Crippen molar-refractivity contribution in [3.05, 3.63) is 29.6 Å². The first kappa shape index (κ1) is 13.6. The Kier molecular flexibility index (Phi) is 4.93. The van der Waals surface area contributed by atoms with Crippen LogP contribution in [0.3, 0.4) is 0 Å². The van der Waals surface area contributed by atoms with Crippen molar-refractivity contribution in [1.82, 2.24) is 10.3 Å². The molecule has 0 unspecified atom stereocenters. The van der Waals surface area contributed by atoms with Gasteiger partial charge in [0, 0.05) is 17.8 Å². The summed E-state index contributed by atoms with van der Waals surface area (Å²) in [7, 11) is 0. The fourth-order valence-electron chi connectivity index (χ4n) is 2.26. The van der Waals surface area contributed by atoms with E-state index in [9.17, 15) is 4.79 Å². The Morgan fingerprint density at radius 3 is 2.79 bits per heavy atom. The number of carbonyl (C=O) groups is 1. The van der Waals surface area contributed by atoms with Crippen molar-refractivity contribution in [2.45, 2.75) is 38.1 Å². The van der Waals surface area contributed by atoms with E-state index < -0.39 is 0 Å². The van der Waals surface area contributed by atoms with Gasteiger partial charge < -0.3 is 11.1 Å². The molecule has 2 rings (SSSR count). The third-order valence-corrected chi connectivity index (χ3v) is 3.27. The van der Waals surface area contributed by atoms with Gasteiger partial charge in [-0.2, -0.15) is 0 Å². The molecule has 4 nitrogen and oxygen atoms in total.